The van der Waals surface area contributed by atoms with Crippen LogP contribution in [0.5, 0.6) is 0 Å². The summed E-state index contributed by atoms with van der Waals surface area (Å²) in [6.45, 7) is 1.92. The first kappa shape index (κ1) is 13.4. The molecule has 0 aliphatic carbocycles. The maximum Gasteiger partial charge on any atom is 0.312 e. The summed E-state index contributed by atoms with van der Waals surface area (Å²) in [5.41, 5.74) is 1.36. The third kappa shape index (κ3) is 2.18. The summed E-state index contributed by atoms with van der Waals surface area (Å²) >= 11 is 0. The lowest BCUT2D eigenvalue weighted by Gasteiger charge is -2.22. The predicted molar refractivity (Wildman–Crippen MR) is 76.1 cm³/mol. The summed E-state index contributed by atoms with van der Waals surface area (Å²) in [6.07, 6.45) is 3.33. The highest BCUT2D eigenvalue weighted by molar-refractivity contribution is 6.00. The molecule has 1 amide bonds. The van der Waals surface area contributed by atoms with Gasteiger partial charge in [-0.3, -0.25) is 14.3 Å². The monoisotopic (exact) mass is 285 g/mol. The van der Waals surface area contributed by atoms with Gasteiger partial charge in [-0.1, -0.05) is 18.2 Å². The Labute approximate surface area is 121 Å². The minimum Gasteiger partial charge on any atom is -0.481 e. The number of anilines is 1. The molecule has 3 rings (SSSR count). The average Bonchev–Trinajstić information content (AvgIpc) is 3.13. The second-order valence-electron chi connectivity index (χ2n) is 5.06. The number of nitrogens with zero attached hydrogens (tertiary/aromatic N) is 3. The second-order valence-corrected chi connectivity index (χ2v) is 5.06. The second kappa shape index (κ2) is 5.05. The Hall–Kier alpha value is -2.63. The number of benzene rings is 1. The largest absolute Gasteiger partial charge is 0.481 e. The number of carbonyl (C=O) groups is 2. The van der Waals surface area contributed by atoms with E-state index in [1.165, 1.54) is 0 Å². The van der Waals surface area contributed by atoms with E-state index in [9.17, 15) is 14.7 Å². The molecule has 0 fully saturated rings. The Morgan fingerprint density at radius 1 is 1.33 bits per heavy atom. The first-order valence-corrected chi connectivity index (χ1v) is 6.72. The van der Waals surface area contributed by atoms with Crippen LogP contribution in [0.25, 0.3) is 0 Å². The molecule has 6 heteroatoms. The average molecular weight is 285 g/mol. The van der Waals surface area contributed by atoms with E-state index < -0.39 is 17.9 Å². The molecular formula is C15H15N3O3. The van der Waals surface area contributed by atoms with Crippen LogP contribution in [0.3, 0.4) is 0 Å². The minimum absolute atomic E-state index is 0.157. The fraction of sp³-hybridized carbons (Fsp3) is 0.267. The lowest BCUT2D eigenvalue weighted by molar-refractivity contribution is -0.138. The number of amides is 1. The van der Waals surface area contributed by atoms with Gasteiger partial charge in [-0.25, -0.2) is 0 Å². The summed E-state index contributed by atoms with van der Waals surface area (Å²) in [6, 6.07) is 8.43. The summed E-state index contributed by atoms with van der Waals surface area (Å²) in [4.78, 5) is 25.6. The van der Waals surface area contributed by atoms with Crippen LogP contribution in [0.1, 0.15) is 24.4 Å². The van der Waals surface area contributed by atoms with Crippen molar-refractivity contribution in [3.63, 3.8) is 0 Å². The number of aromatic nitrogens is 2. The highest BCUT2D eigenvalue weighted by Gasteiger charge is 2.37. The van der Waals surface area contributed by atoms with E-state index in [1.807, 2.05) is 6.07 Å². The number of hydrogen-bond acceptors (Lipinski definition) is 3. The standard InChI is InChI=1S/C15H15N3O3/c1-10(18-8-4-7-16-18)14(19)17-9-12(15(20)21)11-5-2-3-6-13(11)17/h2-8,10,12H,9H2,1H3,(H,20,21). The highest BCUT2D eigenvalue weighted by atomic mass is 16.4. The molecule has 0 bridgehead atoms. The molecule has 0 saturated carbocycles. The molecule has 2 atom stereocenters. The van der Waals surface area contributed by atoms with Gasteiger partial charge in [-0.05, 0) is 24.6 Å². The van der Waals surface area contributed by atoms with Crippen molar-refractivity contribution in [1.82, 2.24) is 9.78 Å². The molecule has 1 aliphatic rings. The van der Waals surface area contributed by atoms with E-state index >= 15 is 0 Å². The molecule has 2 heterocycles. The van der Waals surface area contributed by atoms with E-state index in [0.717, 1.165) is 0 Å². The number of carboxylic acid groups (broad SMARTS) is 1. The van der Waals surface area contributed by atoms with Gasteiger partial charge in [0.05, 0.1) is 0 Å². The molecule has 2 aromatic rings. The van der Waals surface area contributed by atoms with E-state index in [0.29, 0.717) is 11.3 Å². The van der Waals surface area contributed by atoms with Gasteiger partial charge in [0.1, 0.15) is 12.0 Å². The van der Waals surface area contributed by atoms with Crippen molar-refractivity contribution in [2.45, 2.75) is 18.9 Å². The van der Waals surface area contributed by atoms with Crippen LogP contribution >= 0.6 is 0 Å². The molecule has 1 N–H and O–H groups in total. The summed E-state index contributed by atoms with van der Waals surface area (Å²) in [5.74, 6) is -1.74. The van der Waals surface area contributed by atoms with Gasteiger partial charge in [0.2, 0.25) is 0 Å². The summed E-state index contributed by atoms with van der Waals surface area (Å²) < 4.78 is 1.57. The maximum atomic E-state index is 12.6. The zero-order valence-electron chi connectivity index (χ0n) is 11.5. The molecular weight excluding hydrogens is 270 g/mol. The molecule has 2 unspecified atom stereocenters. The zero-order chi connectivity index (χ0) is 15.0. The van der Waals surface area contributed by atoms with Crippen LogP contribution < -0.4 is 4.90 Å². The van der Waals surface area contributed by atoms with Gasteiger partial charge >= 0.3 is 5.97 Å². The molecule has 108 valence electrons. The minimum atomic E-state index is -0.913. The number of fused-ring (bicyclic) bond motifs is 1. The van der Waals surface area contributed by atoms with Crippen LogP contribution in [0.15, 0.2) is 42.7 Å². The molecule has 0 spiro atoms. The quantitative estimate of drug-likeness (QED) is 0.930. The van der Waals surface area contributed by atoms with Crippen molar-refractivity contribution < 1.29 is 14.7 Å². The highest BCUT2D eigenvalue weighted by Crippen LogP contribution is 2.37. The number of aliphatic carboxylic acids is 1. The molecule has 1 aromatic carbocycles. The summed E-state index contributed by atoms with van der Waals surface area (Å²) in [5, 5.41) is 13.4. The van der Waals surface area contributed by atoms with Crippen molar-refractivity contribution in [1.29, 1.82) is 0 Å². The van der Waals surface area contributed by atoms with E-state index in [2.05, 4.69) is 5.10 Å². The fourth-order valence-electron chi connectivity index (χ4n) is 2.68. The van der Waals surface area contributed by atoms with E-state index in [4.69, 9.17) is 0 Å². The Balaban J connectivity index is 1.93. The zero-order valence-corrected chi connectivity index (χ0v) is 11.5. The van der Waals surface area contributed by atoms with Crippen molar-refractivity contribution >= 4 is 17.6 Å². The van der Waals surface area contributed by atoms with Gasteiger partial charge < -0.3 is 10.0 Å². The predicted octanol–water partition coefficient (Wildman–Crippen LogP) is 1.66. The molecule has 21 heavy (non-hydrogen) atoms. The smallest absolute Gasteiger partial charge is 0.312 e. The molecule has 6 nitrogen and oxygen atoms in total. The number of para-hydroxylation sites is 1. The SMILES string of the molecule is CC(C(=O)N1CC(C(=O)O)c2ccccc21)n1cccn1. The molecule has 0 saturated heterocycles. The van der Waals surface area contributed by atoms with Crippen LogP contribution in [0.4, 0.5) is 5.69 Å². The Morgan fingerprint density at radius 3 is 2.76 bits per heavy atom. The van der Waals surface area contributed by atoms with Gasteiger partial charge in [-0.2, -0.15) is 5.10 Å². The third-order valence-corrected chi connectivity index (χ3v) is 3.81. The Bertz CT molecular complexity index is 681. The molecule has 1 aliphatic heterocycles. The lowest BCUT2D eigenvalue weighted by Crippen LogP contribution is -2.36. The van der Waals surface area contributed by atoms with Gasteiger partial charge in [-0.15, -0.1) is 0 Å². The van der Waals surface area contributed by atoms with Crippen molar-refractivity contribution in [3.05, 3.63) is 48.3 Å². The van der Waals surface area contributed by atoms with Gasteiger partial charge in [0.25, 0.3) is 5.91 Å². The molecule has 1 aromatic heterocycles. The number of carboxylic acids is 1. The van der Waals surface area contributed by atoms with Gasteiger partial charge in [0.15, 0.2) is 0 Å². The van der Waals surface area contributed by atoms with Crippen LogP contribution in [0, 0.1) is 0 Å². The number of rotatable bonds is 3. The Kier molecular flexibility index (Phi) is 3.21. The third-order valence-electron chi connectivity index (χ3n) is 3.81. The van der Waals surface area contributed by atoms with Crippen molar-refractivity contribution in [3.8, 4) is 0 Å². The van der Waals surface area contributed by atoms with Crippen LogP contribution in [-0.4, -0.2) is 33.3 Å². The first-order chi connectivity index (χ1) is 10.1. The van der Waals surface area contributed by atoms with Crippen LogP contribution in [0.2, 0.25) is 0 Å². The van der Waals surface area contributed by atoms with Crippen LogP contribution in [-0.2, 0) is 9.59 Å². The normalized spacial score (nSPS) is 18.3. The maximum absolute atomic E-state index is 12.6. The van der Waals surface area contributed by atoms with E-state index in [-0.39, 0.29) is 12.5 Å². The number of carbonyl (C=O) groups excluding carboxylic acids is 1. The topological polar surface area (TPSA) is 75.4 Å². The first-order valence-electron chi connectivity index (χ1n) is 6.72. The Morgan fingerprint density at radius 2 is 2.10 bits per heavy atom. The summed E-state index contributed by atoms with van der Waals surface area (Å²) in [7, 11) is 0. The van der Waals surface area contributed by atoms with E-state index in [1.54, 1.807) is 53.2 Å². The van der Waals surface area contributed by atoms with Crippen molar-refractivity contribution in [2.24, 2.45) is 0 Å². The number of hydrogen-bond donors (Lipinski definition) is 1. The fourth-order valence-corrected chi connectivity index (χ4v) is 2.68. The molecule has 0 radical (unpaired) electrons. The van der Waals surface area contributed by atoms with Gasteiger partial charge in [0, 0.05) is 24.6 Å². The lowest BCUT2D eigenvalue weighted by atomic mass is 10.0. The van der Waals surface area contributed by atoms with Crippen molar-refractivity contribution in [2.75, 3.05) is 11.4 Å².